The fourth-order valence-electron chi connectivity index (χ4n) is 3.59. The average molecular weight is 424 g/mol. The lowest BCUT2D eigenvalue weighted by molar-refractivity contribution is 0.298. The van der Waals surface area contributed by atoms with Gasteiger partial charge in [0.1, 0.15) is 23.9 Å². The molecule has 0 aliphatic heterocycles. The molecule has 31 heavy (non-hydrogen) atoms. The van der Waals surface area contributed by atoms with Gasteiger partial charge >= 0.3 is 0 Å². The number of ether oxygens (including phenoxy) is 3. The molecule has 0 fully saturated rings. The number of allylic oxidation sites excluding steroid dienone is 4. The van der Waals surface area contributed by atoms with Crippen molar-refractivity contribution < 1.29 is 14.2 Å². The molecule has 4 heteroatoms. The molecule has 0 saturated heterocycles. The van der Waals surface area contributed by atoms with Crippen LogP contribution in [0, 0.1) is 6.92 Å². The highest BCUT2D eigenvalue weighted by Gasteiger charge is 2.14. The van der Waals surface area contributed by atoms with Gasteiger partial charge in [0.2, 0.25) is 0 Å². The molecule has 0 unspecified atom stereocenters. The third-order valence-corrected chi connectivity index (χ3v) is 5.28. The summed E-state index contributed by atoms with van der Waals surface area (Å²) in [6, 6.07) is 10.3. The second-order valence-corrected chi connectivity index (χ2v) is 7.10. The predicted molar refractivity (Wildman–Crippen MR) is 130 cm³/mol. The maximum Gasteiger partial charge on any atom is 0.130 e. The van der Waals surface area contributed by atoms with Crippen molar-refractivity contribution in [1.82, 2.24) is 5.32 Å². The molecule has 0 radical (unpaired) electrons. The number of hydrogen-bond donors (Lipinski definition) is 1. The first-order chi connectivity index (χ1) is 15.2. The largest absolute Gasteiger partial charge is 0.496 e. The monoisotopic (exact) mass is 423 g/mol. The summed E-state index contributed by atoms with van der Waals surface area (Å²) in [6.07, 6.45) is 9.00. The number of methoxy groups -OCH3 is 2. The SMILES string of the molecule is CC.CCNCc1c(OC)cc(OCc2cccc(C3=CCCC=C3)c2C)cc1OC. The van der Waals surface area contributed by atoms with Gasteiger partial charge in [-0.1, -0.05) is 57.2 Å². The second-order valence-electron chi connectivity index (χ2n) is 7.10. The van der Waals surface area contributed by atoms with Gasteiger partial charge in [0.15, 0.2) is 0 Å². The van der Waals surface area contributed by atoms with E-state index in [1.54, 1.807) is 14.2 Å². The molecule has 0 atom stereocenters. The first-order valence-corrected chi connectivity index (χ1v) is 11.2. The molecule has 0 saturated carbocycles. The van der Waals surface area contributed by atoms with Crippen LogP contribution in [0.5, 0.6) is 17.2 Å². The Kier molecular flexibility index (Phi) is 10.2. The third-order valence-electron chi connectivity index (χ3n) is 5.28. The zero-order chi connectivity index (χ0) is 22.6. The Morgan fingerprint density at radius 1 is 1.00 bits per heavy atom. The highest BCUT2D eigenvalue weighted by Crippen LogP contribution is 2.35. The van der Waals surface area contributed by atoms with E-state index < -0.39 is 0 Å². The summed E-state index contributed by atoms with van der Waals surface area (Å²) >= 11 is 0. The topological polar surface area (TPSA) is 39.7 Å². The standard InChI is InChI=1S/C25H31NO3.C2H6/c1-5-26-16-23-24(27-3)14-21(15-25(23)28-4)29-17-20-12-9-13-22(18(20)2)19-10-7-6-8-11-19;1-2/h7,9-15,26H,5-6,8,16-17H2,1-4H3;1-2H3. The van der Waals surface area contributed by atoms with Gasteiger partial charge in [0.25, 0.3) is 0 Å². The Morgan fingerprint density at radius 3 is 2.29 bits per heavy atom. The van der Waals surface area contributed by atoms with E-state index in [0.29, 0.717) is 13.2 Å². The van der Waals surface area contributed by atoms with Crippen LogP contribution < -0.4 is 19.5 Å². The maximum atomic E-state index is 6.14. The van der Waals surface area contributed by atoms with Gasteiger partial charge in [-0.15, -0.1) is 0 Å². The maximum absolute atomic E-state index is 6.14. The molecule has 0 spiro atoms. The van der Waals surface area contributed by atoms with Gasteiger partial charge in [0.05, 0.1) is 19.8 Å². The van der Waals surface area contributed by atoms with E-state index >= 15 is 0 Å². The zero-order valence-corrected chi connectivity index (χ0v) is 19.9. The lowest BCUT2D eigenvalue weighted by Gasteiger charge is -2.17. The predicted octanol–water partition coefficient (Wildman–Crippen LogP) is 6.46. The lowest BCUT2D eigenvalue weighted by Crippen LogP contribution is -2.13. The molecule has 168 valence electrons. The van der Waals surface area contributed by atoms with Crippen LogP contribution in [0.25, 0.3) is 5.57 Å². The highest BCUT2D eigenvalue weighted by atomic mass is 16.5. The Balaban J connectivity index is 0.00000166. The van der Waals surface area contributed by atoms with Gasteiger partial charge in [0, 0.05) is 18.7 Å². The van der Waals surface area contributed by atoms with Crippen molar-refractivity contribution in [3.05, 3.63) is 70.8 Å². The van der Waals surface area contributed by atoms with E-state index in [9.17, 15) is 0 Å². The van der Waals surface area contributed by atoms with E-state index in [2.05, 4.69) is 55.6 Å². The quantitative estimate of drug-likeness (QED) is 0.502. The highest BCUT2D eigenvalue weighted by molar-refractivity contribution is 5.77. The third kappa shape index (κ3) is 6.38. The summed E-state index contributed by atoms with van der Waals surface area (Å²) in [5.74, 6) is 2.27. The normalized spacial score (nSPS) is 12.5. The molecule has 1 aliphatic carbocycles. The number of rotatable bonds is 9. The van der Waals surface area contributed by atoms with Crippen molar-refractivity contribution in [3.8, 4) is 17.2 Å². The second kappa shape index (κ2) is 12.9. The summed E-state index contributed by atoms with van der Waals surface area (Å²) in [4.78, 5) is 0. The molecule has 2 aromatic carbocycles. The van der Waals surface area contributed by atoms with Crippen molar-refractivity contribution in [2.45, 2.75) is 53.7 Å². The van der Waals surface area contributed by atoms with Gasteiger partial charge in [-0.3, -0.25) is 0 Å². The molecule has 3 rings (SSSR count). The Morgan fingerprint density at radius 2 is 1.71 bits per heavy atom. The van der Waals surface area contributed by atoms with Crippen molar-refractivity contribution in [2.24, 2.45) is 0 Å². The number of hydrogen-bond acceptors (Lipinski definition) is 4. The molecular formula is C27H37NO3. The van der Waals surface area contributed by atoms with Crippen LogP contribution in [0.4, 0.5) is 0 Å². The number of benzene rings is 2. The first kappa shape index (κ1) is 24.5. The summed E-state index contributed by atoms with van der Waals surface area (Å²) in [5, 5.41) is 3.32. The molecule has 2 aromatic rings. The smallest absolute Gasteiger partial charge is 0.130 e. The fourth-order valence-corrected chi connectivity index (χ4v) is 3.59. The van der Waals surface area contributed by atoms with Crippen LogP contribution in [0.3, 0.4) is 0 Å². The molecule has 0 aromatic heterocycles. The van der Waals surface area contributed by atoms with Crippen molar-refractivity contribution in [2.75, 3.05) is 20.8 Å². The van der Waals surface area contributed by atoms with Gasteiger partial charge in [-0.2, -0.15) is 0 Å². The Bertz CT molecular complexity index is 874. The number of nitrogens with one attached hydrogen (secondary N) is 1. The van der Waals surface area contributed by atoms with Crippen LogP contribution >= 0.6 is 0 Å². The van der Waals surface area contributed by atoms with Crippen LogP contribution in [0.1, 0.15) is 55.9 Å². The van der Waals surface area contributed by atoms with Gasteiger partial charge in [-0.05, 0) is 48.6 Å². The van der Waals surface area contributed by atoms with Gasteiger partial charge < -0.3 is 19.5 Å². The molecular weight excluding hydrogens is 386 g/mol. The fraction of sp³-hybridized carbons (Fsp3) is 0.407. The van der Waals surface area contributed by atoms with Crippen molar-refractivity contribution >= 4 is 5.57 Å². The summed E-state index contributed by atoms with van der Waals surface area (Å²) in [6.45, 7) is 10.3. The van der Waals surface area contributed by atoms with E-state index in [1.165, 1.54) is 22.3 Å². The minimum Gasteiger partial charge on any atom is -0.496 e. The van der Waals surface area contributed by atoms with Crippen LogP contribution in [0.2, 0.25) is 0 Å². The average Bonchev–Trinajstić information content (AvgIpc) is 2.83. The van der Waals surface area contributed by atoms with E-state index in [-0.39, 0.29) is 0 Å². The van der Waals surface area contributed by atoms with Crippen molar-refractivity contribution in [3.63, 3.8) is 0 Å². The first-order valence-electron chi connectivity index (χ1n) is 11.2. The summed E-state index contributed by atoms with van der Waals surface area (Å²) in [5.41, 5.74) is 6.01. The summed E-state index contributed by atoms with van der Waals surface area (Å²) in [7, 11) is 3.35. The minimum atomic E-state index is 0.496. The molecule has 0 heterocycles. The molecule has 1 N–H and O–H groups in total. The van der Waals surface area contributed by atoms with Crippen molar-refractivity contribution in [1.29, 1.82) is 0 Å². The van der Waals surface area contributed by atoms with Gasteiger partial charge in [-0.25, -0.2) is 0 Å². The van der Waals surface area contributed by atoms with E-state index in [1.807, 2.05) is 26.0 Å². The van der Waals surface area contributed by atoms with Crippen LogP contribution in [-0.2, 0) is 13.2 Å². The Labute approximate surface area is 187 Å². The molecule has 0 amide bonds. The van der Waals surface area contributed by atoms with Crippen LogP contribution in [0.15, 0.2) is 48.6 Å². The molecule has 4 nitrogen and oxygen atoms in total. The summed E-state index contributed by atoms with van der Waals surface area (Å²) < 4.78 is 17.3. The van der Waals surface area contributed by atoms with E-state index in [4.69, 9.17) is 14.2 Å². The molecule has 1 aliphatic rings. The minimum absolute atomic E-state index is 0.496. The molecule has 0 bridgehead atoms. The van der Waals surface area contributed by atoms with Crippen LogP contribution in [-0.4, -0.2) is 20.8 Å². The van der Waals surface area contributed by atoms with E-state index in [0.717, 1.165) is 42.2 Å². The Hall–Kier alpha value is -2.72. The lowest BCUT2D eigenvalue weighted by atomic mass is 9.93. The zero-order valence-electron chi connectivity index (χ0n) is 19.9.